The van der Waals surface area contributed by atoms with Gasteiger partial charge in [-0.25, -0.2) is 4.79 Å². The zero-order chi connectivity index (χ0) is 14.5. The number of imidazole rings is 1. The van der Waals surface area contributed by atoms with Crippen LogP contribution in [0.15, 0.2) is 41.5 Å². The van der Waals surface area contributed by atoms with E-state index in [4.69, 9.17) is 0 Å². The Morgan fingerprint density at radius 3 is 2.60 bits per heavy atom. The number of rotatable bonds is 6. The summed E-state index contributed by atoms with van der Waals surface area (Å²) in [5.74, 6) is 0. The Labute approximate surface area is 120 Å². The Bertz CT molecular complexity index is 612. The molecule has 1 heterocycles. The second-order valence-corrected chi connectivity index (χ2v) is 5.21. The van der Waals surface area contributed by atoms with Gasteiger partial charge >= 0.3 is 5.69 Å². The van der Waals surface area contributed by atoms with Crippen molar-refractivity contribution in [2.24, 2.45) is 7.05 Å². The second-order valence-electron chi connectivity index (χ2n) is 5.21. The van der Waals surface area contributed by atoms with Gasteiger partial charge in [-0.1, -0.05) is 31.2 Å². The summed E-state index contributed by atoms with van der Waals surface area (Å²) in [6, 6.07) is 8.51. The third-order valence-corrected chi connectivity index (χ3v) is 3.60. The lowest BCUT2D eigenvalue weighted by Gasteiger charge is -2.21. The molecule has 1 aromatic heterocycles. The molecule has 2 aromatic rings. The summed E-state index contributed by atoms with van der Waals surface area (Å²) in [6.07, 6.45) is 4.73. The normalized spacial score (nSPS) is 12.6. The summed E-state index contributed by atoms with van der Waals surface area (Å²) in [7, 11) is 1.78. The zero-order valence-corrected chi connectivity index (χ0v) is 12.5. The van der Waals surface area contributed by atoms with Crippen LogP contribution in [0.3, 0.4) is 0 Å². The maximum atomic E-state index is 12.0. The predicted molar refractivity (Wildman–Crippen MR) is 81.9 cm³/mol. The lowest BCUT2D eigenvalue weighted by atomic mass is 10.0. The summed E-state index contributed by atoms with van der Waals surface area (Å²) in [5.41, 5.74) is 2.55. The van der Waals surface area contributed by atoms with Crippen LogP contribution in [0.1, 0.15) is 30.5 Å². The van der Waals surface area contributed by atoms with Crippen molar-refractivity contribution in [3.05, 3.63) is 58.3 Å². The van der Waals surface area contributed by atoms with Crippen molar-refractivity contribution in [3.63, 3.8) is 0 Å². The van der Waals surface area contributed by atoms with Crippen LogP contribution < -0.4 is 11.0 Å². The number of aromatic nitrogens is 2. The van der Waals surface area contributed by atoms with E-state index >= 15 is 0 Å². The zero-order valence-electron chi connectivity index (χ0n) is 12.5. The molecule has 4 heteroatoms. The largest absolute Gasteiger partial charge is 0.327 e. The Balaban J connectivity index is 2.26. The van der Waals surface area contributed by atoms with Gasteiger partial charge in [0.2, 0.25) is 0 Å². The van der Waals surface area contributed by atoms with Crippen LogP contribution in [-0.2, 0) is 13.6 Å². The molecule has 0 aliphatic carbocycles. The summed E-state index contributed by atoms with van der Waals surface area (Å²) in [5, 5.41) is 3.54. The highest BCUT2D eigenvalue weighted by atomic mass is 16.1. The van der Waals surface area contributed by atoms with Gasteiger partial charge in [-0.3, -0.25) is 4.57 Å². The molecule has 0 fully saturated rings. The van der Waals surface area contributed by atoms with Gasteiger partial charge in [-0.05, 0) is 31.0 Å². The summed E-state index contributed by atoms with van der Waals surface area (Å²) < 4.78 is 3.37. The third-order valence-electron chi connectivity index (χ3n) is 3.60. The van der Waals surface area contributed by atoms with Crippen LogP contribution >= 0.6 is 0 Å². The van der Waals surface area contributed by atoms with Crippen LogP contribution in [0.4, 0.5) is 0 Å². The number of aryl methyl sites for hydroxylation is 2. The van der Waals surface area contributed by atoms with Crippen LogP contribution in [0, 0.1) is 6.92 Å². The highest BCUT2D eigenvalue weighted by Gasteiger charge is 2.14. The number of nitrogens with zero attached hydrogens (tertiary/aromatic N) is 2. The van der Waals surface area contributed by atoms with E-state index in [-0.39, 0.29) is 11.7 Å². The smallest absolute Gasteiger partial charge is 0.308 e. The van der Waals surface area contributed by atoms with Crippen molar-refractivity contribution >= 4 is 0 Å². The average molecular weight is 273 g/mol. The van der Waals surface area contributed by atoms with Gasteiger partial charge in [0.1, 0.15) is 0 Å². The Hall–Kier alpha value is -1.81. The molecular weight excluding hydrogens is 250 g/mol. The van der Waals surface area contributed by atoms with E-state index in [0.29, 0.717) is 6.54 Å². The number of benzene rings is 1. The quantitative estimate of drug-likeness (QED) is 0.876. The minimum absolute atomic E-state index is 0.0295. The van der Waals surface area contributed by atoms with Crippen LogP contribution in [0.5, 0.6) is 0 Å². The number of hydrogen-bond donors (Lipinski definition) is 1. The van der Waals surface area contributed by atoms with E-state index in [9.17, 15) is 4.79 Å². The van der Waals surface area contributed by atoms with Crippen molar-refractivity contribution in [1.82, 2.24) is 14.5 Å². The molecule has 0 amide bonds. The lowest BCUT2D eigenvalue weighted by Crippen LogP contribution is -2.31. The van der Waals surface area contributed by atoms with E-state index in [1.807, 2.05) is 12.3 Å². The molecule has 0 bridgehead atoms. The van der Waals surface area contributed by atoms with E-state index < -0.39 is 0 Å². The van der Waals surface area contributed by atoms with Gasteiger partial charge in [0.15, 0.2) is 0 Å². The molecule has 1 unspecified atom stereocenters. The van der Waals surface area contributed by atoms with Gasteiger partial charge in [0, 0.05) is 26.0 Å². The average Bonchev–Trinajstić information content (AvgIpc) is 2.76. The lowest BCUT2D eigenvalue weighted by molar-refractivity contribution is 0.452. The molecule has 0 saturated carbocycles. The monoisotopic (exact) mass is 273 g/mol. The van der Waals surface area contributed by atoms with E-state index in [1.54, 1.807) is 22.4 Å². The first-order chi connectivity index (χ1) is 9.63. The minimum Gasteiger partial charge on any atom is -0.308 e. The van der Waals surface area contributed by atoms with Gasteiger partial charge in [-0.15, -0.1) is 0 Å². The number of hydrogen-bond acceptors (Lipinski definition) is 2. The fourth-order valence-electron chi connectivity index (χ4n) is 2.42. The van der Waals surface area contributed by atoms with Gasteiger partial charge in [-0.2, -0.15) is 0 Å². The van der Waals surface area contributed by atoms with Crippen molar-refractivity contribution in [2.45, 2.75) is 32.9 Å². The molecule has 1 N–H and O–H groups in total. The molecule has 2 rings (SSSR count). The third kappa shape index (κ3) is 3.20. The molecule has 0 saturated heterocycles. The van der Waals surface area contributed by atoms with Gasteiger partial charge in [0.25, 0.3) is 0 Å². The van der Waals surface area contributed by atoms with Crippen LogP contribution in [-0.4, -0.2) is 15.7 Å². The maximum absolute atomic E-state index is 12.0. The van der Waals surface area contributed by atoms with E-state index in [1.165, 1.54) is 11.1 Å². The first-order valence-electron chi connectivity index (χ1n) is 7.14. The SMILES string of the molecule is CCCNC(Cn1ccn(C)c1=O)c1ccccc1C. The fraction of sp³-hybridized carbons (Fsp3) is 0.438. The Morgan fingerprint density at radius 1 is 1.25 bits per heavy atom. The fourth-order valence-corrected chi connectivity index (χ4v) is 2.42. The molecule has 0 aliphatic heterocycles. The molecule has 108 valence electrons. The van der Waals surface area contributed by atoms with Crippen molar-refractivity contribution in [1.29, 1.82) is 0 Å². The number of nitrogens with one attached hydrogen (secondary N) is 1. The Kier molecular flexibility index (Phi) is 4.79. The van der Waals surface area contributed by atoms with Crippen molar-refractivity contribution < 1.29 is 0 Å². The van der Waals surface area contributed by atoms with E-state index in [2.05, 4.69) is 37.4 Å². The first kappa shape index (κ1) is 14.6. The molecule has 20 heavy (non-hydrogen) atoms. The topological polar surface area (TPSA) is 39.0 Å². The molecular formula is C16H23N3O. The van der Waals surface area contributed by atoms with E-state index in [0.717, 1.165) is 13.0 Å². The van der Waals surface area contributed by atoms with Crippen molar-refractivity contribution in [3.8, 4) is 0 Å². The maximum Gasteiger partial charge on any atom is 0.327 e. The molecule has 0 radical (unpaired) electrons. The van der Waals surface area contributed by atoms with Crippen LogP contribution in [0.2, 0.25) is 0 Å². The summed E-state index contributed by atoms with van der Waals surface area (Å²) in [6.45, 7) is 5.87. The summed E-state index contributed by atoms with van der Waals surface area (Å²) >= 11 is 0. The molecule has 1 atom stereocenters. The molecule has 4 nitrogen and oxygen atoms in total. The summed E-state index contributed by atoms with van der Waals surface area (Å²) in [4.78, 5) is 12.0. The molecule has 0 spiro atoms. The van der Waals surface area contributed by atoms with Crippen LogP contribution in [0.25, 0.3) is 0 Å². The van der Waals surface area contributed by atoms with Crippen molar-refractivity contribution in [2.75, 3.05) is 6.54 Å². The molecule has 1 aromatic carbocycles. The standard InChI is InChI=1S/C16H23N3O/c1-4-9-17-15(14-8-6-5-7-13(14)2)12-19-11-10-18(3)16(19)20/h5-8,10-11,15,17H,4,9,12H2,1-3H3. The van der Waals surface area contributed by atoms with Gasteiger partial charge < -0.3 is 9.88 Å². The minimum atomic E-state index is 0.0295. The first-order valence-corrected chi connectivity index (χ1v) is 7.14. The highest BCUT2D eigenvalue weighted by molar-refractivity contribution is 5.28. The molecule has 0 aliphatic rings. The second kappa shape index (κ2) is 6.57. The highest BCUT2D eigenvalue weighted by Crippen LogP contribution is 2.18. The predicted octanol–water partition coefficient (Wildman–Crippen LogP) is 2.24. The Morgan fingerprint density at radius 2 is 2.00 bits per heavy atom. The van der Waals surface area contributed by atoms with Gasteiger partial charge in [0.05, 0.1) is 6.04 Å².